The summed E-state index contributed by atoms with van der Waals surface area (Å²) in [5.41, 5.74) is 7.37. The maximum absolute atomic E-state index is 12.4. The van der Waals surface area contributed by atoms with Crippen molar-refractivity contribution in [2.24, 2.45) is 5.73 Å². The minimum absolute atomic E-state index is 0.108. The highest BCUT2D eigenvalue weighted by molar-refractivity contribution is 5.33. The summed E-state index contributed by atoms with van der Waals surface area (Å²) in [6.45, 7) is 7.06. The van der Waals surface area contributed by atoms with E-state index in [0.717, 1.165) is 11.1 Å². The van der Waals surface area contributed by atoms with Crippen molar-refractivity contribution in [2.75, 3.05) is 5.32 Å². The van der Waals surface area contributed by atoms with Crippen LogP contribution in [0.1, 0.15) is 31.9 Å². The predicted octanol–water partition coefficient (Wildman–Crippen LogP) is 2.07. The van der Waals surface area contributed by atoms with Crippen LogP contribution in [0.3, 0.4) is 0 Å². The van der Waals surface area contributed by atoms with Crippen molar-refractivity contribution in [3.8, 4) is 0 Å². The third-order valence-corrected chi connectivity index (χ3v) is 3.28. The van der Waals surface area contributed by atoms with E-state index < -0.39 is 0 Å². The first-order valence-corrected chi connectivity index (χ1v) is 7.01. The molecule has 2 aromatic rings. The molecule has 0 fully saturated rings. The molecule has 0 saturated heterocycles. The molecule has 0 radical (unpaired) electrons. The lowest BCUT2D eigenvalue weighted by Gasteiger charge is -2.22. The molecule has 0 aliphatic carbocycles. The Morgan fingerprint density at radius 3 is 2.38 bits per heavy atom. The van der Waals surface area contributed by atoms with Gasteiger partial charge in [-0.3, -0.25) is 4.79 Å². The van der Waals surface area contributed by atoms with Crippen LogP contribution >= 0.6 is 0 Å². The van der Waals surface area contributed by atoms with Gasteiger partial charge < -0.3 is 15.6 Å². The Hall–Kier alpha value is -2.14. The van der Waals surface area contributed by atoms with E-state index in [1.165, 1.54) is 0 Å². The minimum atomic E-state index is -0.265. The molecule has 21 heavy (non-hydrogen) atoms. The predicted molar refractivity (Wildman–Crippen MR) is 85.2 cm³/mol. The van der Waals surface area contributed by atoms with E-state index in [2.05, 4.69) is 10.3 Å². The molecule has 0 spiro atoms. The van der Waals surface area contributed by atoms with Crippen molar-refractivity contribution in [1.29, 1.82) is 0 Å². The fourth-order valence-corrected chi connectivity index (χ4v) is 2.04. The van der Waals surface area contributed by atoms with Gasteiger partial charge in [0.2, 0.25) is 0 Å². The standard InChI is InChI=1S/C16H22N4O/c1-16(2,3)20-9-8-18-14(15(20)21)19-11-13-6-4-12(10-17)5-7-13/h4-9H,10-11,17H2,1-3H3,(H,18,19). The van der Waals surface area contributed by atoms with E-state index in [4.69, 9.17) is 5.73 Å². The Bertz CT molecular complexity index is 653. The number of nitrogens with one attached hydrogen (secondary N) is 1. The van der Waals surface area contributed by atoms with Gasteiger partial charge in [0.1, 0.15) is 0 Å². The third-order valence-electron chi connectivity index (χ3n) is 3.28. The second-order valence-electron chi connectivity index (χ2n) is 6.00. The van der Waals surface area contributed by atoms with Crippen LogP contribution in [0.5, 0.6) is 0 Å². The van der Waals surface area contributed by atoms with Crippen molar-refractivity contribution >= 4 is 5.82 Å². The maximum Gasteiger partial charge on any atom is 0.293 e. The highest BCUT2D eigenvalue weighted by Gasteiger charge is 2.16. The lowest BCUT2D eigenvalue weighted by atomic mass is 10.1. The van der Waals surface area contributed by atoms with Crippen LogP contribution in [0.2, 0.25) is 0 Å². The summed E-state index contributed by atoms with van der Waals surface area (Å²) in [6.07, 6.45) is 3.36. The summed E-state index contributed by atoms with van der Waals surface area (Å²) in [6, 6.07) is 7.98. The molecule has 0 bridgehead atoms. The largest absolute Gasteiger partial charge is 0.361 e. The Balaban J connectivity index is 2.15. The first-order valence-electron chi connectivity index (χ1n) is 7.01. The van der Waals surface area contributed by atoms with Crippen molar-refractivity contribution in [2.45, 2.75) is 39.4 Å². The van der Waals surface area contributed by atoms with Gasteiger partial charge in [0, 0.05) is 31.0 Å². The molecule has 1 aromatic carbocycles. The van der Waals surface area contributed by atoms with Gasteiger partial charge in [-0.25, -0.2) is 4.98 Å². The van der Waals surface area contributed by atoms with Gasteiger partial charge in [-0.1, -0.05) is 24.3 Å². The fourth-order valence-electron chi connectivity index (χ4n) is 2.04. The van der Waals surface area contributed by atoms with E-state index >= 15 is 0 Å². The summed E-state index contributed by atoms with van der Waals surface area (Å²) >= 11 is 0. The third kappa shape index (κ3) is 3.70. The summed E-state index contributed by atoms with van der Waals surface area (Å²) in [5, 5.41) is 3.10. The van der Waals surface area contributed by atoms with Gasteiger partial charge in [-0.05, 0) is 31.9 Å². The number of nitrogens with zero attached hydrogens (tertiary/aromatic N) is 2. The Labute approximate surface area is 124 Å². The Kier molecular flexibility index (Phi) is 4.43. The molecule has 112 valence electrons. The Morgan fingerprint density at radius 1 is 1.19 bits per heavy atom. The summed E-state index contributed by atoms with van der Waals surface area (Å²) < 4.78 is 1.68. The average molecular weight is 286 g/mol. The van der Waals surface area contributed by atoms with Crippen molar-refractivity contribution in [1.82, 2.24) is 9.55 Å². The smallest absolute Gasteiger partial charge is 0.293 e. The van der Waals surface area contributed by atoms with Gasteiger partial charge in [0.25, 0.3) is 5.56 Å². The van der Waals surface area contributed by atoms with E-state index in [0.29, 0.717) is 18.9 Å². The first-order chi connectivity index (χ1) is 9.91. The summed E-state index contributed by atoms with van der Waals surface area (Å²) in [4.78, 5) is 16.5. The molecule has 5 nitrogen and oxygen atoms in total. The molecule has 0 amide bonds. The molecule has 0 aliphatic heterocycles. The normalized spacial score (nSPS) is 11.4. The van der Waals surface area contributed by atoms with E-state index in [9.17, 15) is 4.79 Å². The van der Waals surface area contributed by atoms with Gasteiger partial charge in [0.15, 0.2) is 5.82 Å². The molecule has 2 rings (SSSR count). The van der Waals surface area contributed by atoms with Crippen LogP contribution in [0.4, 0.5) is 5.82 Å². The molecular formula is C16H22N4O. The number of rotatable bonds is 4. The average Bonchev–Trinajstić information content (AvgIpc) is 2.45. The number of hydrogen-bond acceptors (Lipinski definition) is 4. The molecule has 1 heterocycles. The second kappa shape index (κ2) is 6.10. The highest BCUT2D eigenvalue weighted by atomic mass is 16.1. The van der Waals surface area contributed by atoms with Crippen LogP contribution in [-0.2, 0) is 18.6 Å². The van der Waals surface area contributed by atoms with Crippen molar-refractivity contribution < 1.29 is 0 Å². The van der Waals surface area contributed by atoms with Gasteiger partial charge in [-0.15, -0.1) is 0 Å². The Morgan fingerprint density at radius 2 is 1.81 bits per heavy atom. The molecule has 0 unspecified atom stereocenters. The lowest BCUT2D eigenvalue weighted by molar-refractivity contribution is 0.383. The van der Waals surface area contributed by atoms with E-state index in [-0.39, 0.29) is 11.1 Å². The lowest BCUT2D eigenvalue weighted by Crippen LogP contribution is -2.35. The molecule has 1 aromatic heterocycles. The maximum atomic E-state index is 12.4. The first kappa shape index (κ1) is 15.3. The van der Waals surface area contributed by atoms with Gasteiger partial charge in [-0.2, -0.15) is 0 Å². The highest BCUT2D eigenvalue weighted by Crippen LogP contribution is 2.11. The van der Waals surface area contributed by atoms with Crippen LogP contribution < -0.4 is 16.6 Å². The number of anilines is 1. The number of benzene rings is 1. The summed E-state index contributed by atoms with van der Waals surface area (Å²) in [7, 11) is 0. The van der Waals surface area contributed by atoms with Crippen LogP contribution in [0.15, 0.2) is 41.5 Å². The summed E-state index contributed by atoms with van der Waals surface area (Å²) in [5.74, 6) is 0.371. The molecule has 0 atom stereocenters. The monoisotopic (exact) mass is 286 g/mol. The zero-order valence-corrected chi connectivity index (χ0v) is 12.8. The van der Waals surface area contributed by atoms with E-state index in [1.807, 2.05) is 45.0 Å². The van der Waals surface area contributed by atoms with Gasteiger partial charge >= 0.3 is 0 Å². The second-order valence-corrected chi connectivity index (χ2v) is 6.00. The van der Waals surface area contributed by atoms with E-state index in [1.54, 1.807) is 17.0 Å². The molecule has 0 aliphatic rings. The molecule has 0 saturated carbocycles. The van der Waals surface area contributed by atoms with Crippen molar-refractivity contribution in [3.63, 3.8) is 0 Å². The fraction of sp³-hybridized carbons (Fsp3) is 0.375. The molecule has 3 N–H and O–H groups in total. The topological polar surface area (TPSA) is 72.9 Å². The van der Waals surface area contributed by atoms with Crippen molar-refractivity contribution in [3.05, 3.63) is 58.1 Å². The zero-order chi connectivity index (χ0) is 15.5. The number of nitrogens with two attached hydrogens (primary N) is 1. The number of hydrogen-bond donors (Lipinski definition) is 2. The zero-order valence-electron chi connectivity index (χ0n) is 12.8. The van der Waals surface area contributed by atoms with Gasteiger partial charge in [0.05, 0.1) is 0 Å². The molecular weight excluding hydrogens is 264 g/mol. The minimum Gasteiger partial charge on any atom is -0.361 e. The van der Waals surface area contributed by atoms with Crippen LogP contribution in [0, 0.1) is 0 Å². The van der Waals surface area contributed by atoms with Crippen LogP contribution in [0.25, 0.3) is 0 Å². The molecule has 5 heteroatoms. The number of aromatic nitrogens is 2. The SMILES string of the molecule is CC(C)(C)n1ccnc(NCc2ccc(CN)cc2)c1=O. The van der Waals surface area contributed by atoms with Crippen LogP contribution in [-0.4, -0.2) is 9.55 Å². The quantitative estimate of drug-likeness (QED) is 0.902.